The molecule has 4 aromatic rings. The van der Waals surface area contributed by atoms with Crippen LogP contribution >= 0.6 is 7.87 Å². The van der Waals surface area contributed by atoms with Gasteiger partial charge in [-0.1, -0.05) is 0 Å². The van der Waals surface area contributed by atoms with Gasteiger partial charge in [0, 0.05) is 0 Å². The fourth-order valence-corrected chi connectivity index (χ4v) is 12.4. The number of methoxy groups -OCH3 is 2. The summed E-state index contributed by atoms with van der Waals surface area (Å²) >= 11 is 0. The van der Waals surface area contributed by atoms with Gasteiger partial charge in [0.1, 0.15) is 0 Å². The van der Waals surface area contributed by atoms with Crippen molar-refractivity contribution in [2.24, 2.45) is 0 Å². The molecule has 2 heterocycles. The first-order chi connectivity index (χ1) is 28.7. The van der Waals surface area contributed by atoms with E-state index in [0.29, 0.717) is 11.5 Å². The van der Waals surface area contributed by atoms with Gasteiger partial charge in [-0.05, 0) is 0 Å². The number of hydrogen-bond acceptors (Lipinski definition) is 11. The summed E-state index contributed by atoms with van der Waals surface area (Å²) in [5, 5.41) is 9.47. The summed E-state index contributed by atoms with van der Waals surface area (Å²) in [4.78, 5) is 40.9. The molecule has 0 bridgehead atoms. The summed E-state index contributed by atoms with van der Waals surface area (Å²) < 4.78 is 57.6. The number of halogens is 1. The van der Waals surface area contributed by atoms with Crippen LogP contribution in [0.4, 0.5) is 4.39 Å². The number of hydrogen-bond donors (Lipinski definition) is 2. The second-order valence-corrected chi connectivity index (χ2v) is 24.9. The summed E-state index contributed by atoms with van der Waals surface area (Å²) in [6.45, 7) is 17.8. The fraction of sp³-hybridized carbons (Fsp3) is 0.489. The topological polar surface area (TPSA) is 158 Å². The van der Waals surface area contributed by atoms with E-state index in [-0.39, 0.29) is 36.3 Å². The Kier molecular flexibility index (Phi) is 15.2. The molecule has 0 amide bonds. The summed E-state index contributed by atoms with van der Waals surface area (Å²) in [6, 6.07) is 26.5. The zero-order valence-electron chi connectivity index (χ0n) is 37.1. The molecule has 1 aliphatic heterocycles. The van der Waals surface area contributed by atoms with Gasteiger partial charge >= 0.3 is 361 Å². The van der Waals surface area contributed by atoms with Crippen LogP contribution < -0.4 is 20.7 Å². The number of nitrogens with zero attached hydrogens (tertiary/aromatic N) is 3. The summed E-state index contributed by atoms with van der Waals surface area (Å²) in [5.41, 5.74) is -1.14. The van der Waals surface area contributed by atoms with Crippen LogP contribution in [-0.4, -0.2) is 84.8 Å². The van der Waals surface area contributed by atoms with Crippen LogP contribution in [0, 0.1) is 17.1 Å². The predicted octanol–water partition coefficient (Wildman–Crippen LogP) is 7.89. The summed E-state index contributed by atoms with van der Waals surface area (Å²) in [5.74, 6) is 0.0855. The Bertz CT molecular complexity index is 2170. The number of benzene rings is 3. The monoisotopic (exact) mass is 880 g/mol. The fourth-order valence-electron chi connectivity index (χ4n) is 7.87. The minimum atomic E-state index is -4.08. The first-order valence-corrected chi connectivity index (χ1v) is 25.5. The van der Waals surface area contributed by atoms with Crippen molar-refractivity contribution in [2.75, 3.05) is 27.0 Å². The molecule has 1 aliphatic rings. The Morgan fingerprint density at radius 3 is 1.90 bits per heavy atom. The number of aromatic amines is 1. The first kappa shape index (κ1) is 47.8. The van der Waals surface area contributed by atoms with E-state index in [0.717, 1.165) is 27.5 Å². The van der Waals surface area contributed by atoms with Crippen LogP contribution in [0.15, 0.2) is 94.6 Å². The first-order valence-electron chi connectivity index (χ1n) is 20.6. The molecule has 0 saturated carbocycles. The van der Waals surface area contributed by atoms with Crippen molar-refractivity contribution in [3.8, 4) is 17.6 Å². The van der Waals surface area contributed by atoms with Gasteiger partial charge in [0.25, 0.3) is 0 Å². The van der Waals surface area contributed by atoms with Crippen LogP contribution in [0.5, 0.6) is 11.5 Å². The van der Waals surface area contributed by atoms with Gasteiger partial charge < -0.3 is 0 Å². The van der Waals surface area contributed by atoms with E-state index in [4.69, 9.17) is 27.9 Å². The second kappa shape index (κ2) is 19.4. The molecule has 0 radical (unpaired) electrons. The Balaban J connectivity index is 1.78. The molecule has 13 nitrogen and oxygen atoms in total. The number of nitrogens with one attached hydrogen (secondary N) is 1. The van der Waals surface area contributed by atoms with Crippen molar-refractivity contribution >= 4 is 16.2 Å². The number of H-pyrrole nitrogens is 1. The molecule has 1 fully saturated rings. The Labute approximate surface area is 360 Å². The second-order valence-electron chi connectivity index (χ2n) is 17.4. The number of rotatable bonds is 18. The average molecular weight is 881 g/mol. The molecule has 61 heavy (non-hydrogen) atoms. The molecule has 332 valence electrons. The third-order valence-corrected chi connectivity index (χ3v) is 19.6. The van der Waals surface area contributed by atoms with Crippen molar-refractivity contribution in [1.29, 1.82) is 5.26 Å². The third kappa shape index (κ3) is 10.2. The maximum atomic E-state index is 15.2. The van der Waals surface area contributed by atoms with Gasteiger partial charge in [-0.2, -0.15) is 0 Å². The van der Waals surface area contributed by atoms with E-state index in [1.165, 1.54) is 0 Å². The van der Waals surface area contributed by atoms with Gasteiger partial charge in [0.15, 0.2) is 0 Å². The standard InChI is InChI=1S/C45H62FN4O9PSi/c1-30(2)50(31(3)4)60(53,27-15-26-47)58-39-38(57-42(40(39)59-61(10,11)44(5,6)7)49-28-37(46)41(51)48-43(49)52)29-56-45(32-16-13-12-14-17-32,33-18-22-35(54-8)23-19-33)34-20-24-36(55-9)25-21-34/h12-14,16-25,28,30-31,38-40,42,53,60H,15,27,29H2,1-11H3,(H,48,51,52)/t38-,39-,40-,42-/m1/s1. The maximum absolute atomic E-state index is 15.2. The number of aromatic nitrogens is 2. The SMILES string of the molecule is COc1ccc(C(OC[C@H]2O[C@@H](n3cc(F)c(=O)[nH]c3=O)[C@H](O[Si](C)(C)C(C)(C)C)[C@@H]2O[PH](O)(CCC#N)N(C(C)C)C(C)C)(c2ccccc2)c2ccc(OC)cc2)cc1. The molecule has 1 saturated heterocycles. The van der Waals surface area contributed by atoms with E-state index < -0.39 is 63.4 Å². The van der Waals surface area contributed by atoms with E-state index in [9.17, 15) is 19.7 Å². The van der Waals surface area contributed by atoms with Gasteiger partial charge in [-0.25, -0.2) is 0 Å². The Morgan fingerprint density at radius 1 is 0.902 bits per heavy atom. The van der Waals surface area contributed by atoms with E-state index in [1.54, 1.807) is 14.2 Å². The minimum absolute atomic E-state index is 0.00123. The van der Waals surface area contributed by atoms with Crippen molar-refractivity contribution in [3.05, 3.63) is 128 Å². The van der Waals surface area contributed by atoms with Gasteiger partial charge in [0.2, 0.25) is 0 Å². The van der Waals surface area contributed by atoms with Gasteiger partial charge in [-0.15, -0.1) is 0 Å². The van der Waals surface area contributed by atoms with Crippen LogP contribution in [0.1, 0.15) is 77.8 Å². The molecule has 0 unspecified atom stereocenters. The molecule has 0 aliphatic carbocycles. The Hall–Kier alpha value is -4.23. The van der Waals surface area contributed by atoms with Crippen molar-refractivity contribution in [1.82, 2.24) is 14.2 Å². The van der Waals surface area contributed by atoms with Crippen LogP contribution in [-0.2, 0) is 24.0 Å². The molecule has 16 heteroatoms. The molecular formula is C45H62FN4O9PSi. The number of ether oxygens (including phenoxy) is 4. The normalized spacial score (nSPS) is 19.1. The zero-order chi connectivity index (χ0) is 44.9. The van der Waals surface area contributed by atoms with Crippen LogP contribution in [0.25, 0.3) is 0 Å². The van der Waals surface area contributed by atoms with Gasteiger partial charge in [0.05, 0.1) is 0 Å². The summed E-state index contributed by atoms with van der Waals surface area (Å²) in [7, 11) is -3.70. The predicted molar refractivity (Wildman–Crippen MR) is 238 cm³/mol. The van der Waals surface area contributed by atoms with E-state index >= 15 is 4.39 Å². The van der Waals surface area contributed by atoms with Crippen LogP contribution in [0.3, 0.4) is 0 Å². The molecule has 2 N–H and O–H groups in total. The number of nitriles is 1. The summed E-state index contributed by atoms with van der Waals surface area (Å²) in [6.07, 6.45) is -3.86. The third-order valence-electron chi connectivity index (χ3n) is 11.8. The quantitative estimate of drug-likeness (QED) is 0.0569. The van der Waals surface area contributed by atoms with Crippen LogP contribution in [0.2, 0.25) is 18.1 Å². The molecule has 1 aromatic heterocycles. The molecule has 5 rings (SSSR count). The van der Waals surface area contributed by atoms with Gasteiger partial charge in [-0.3, -0.25) is 0 Å². The van der Waals surface area contributed by atoms with E-state index in [1.807, 2.05) is 124 Å². The molecule has 4 atom stereocenters. The zero-order valence-corrected chi connectivity index (χ0v) is 39.1. The average Bonchev–Trinajstić information content (AvgIpc) is 3.53. The van der Waals surface area contributed by atoms with Crippen molar-refractivity contribution in [2.45, 2.75) is 115 Å². The molecule has 0 spiro atoms. The van der Waals surface area contributed by atoms with E-state index in [2.05, 4.69) is 31.8 Å². The van der Waals surface area contributed by atoms with Crippen molar-refractivity contribution < 1.29 is 37.2 Å². The Morgan fingerprint density at radius 2 is 1.43 bits per heavy atom. The molecule has 3 aromatic carbocycles. The van der Waals surface area contributed by atoms with Crippen molar-refractivity contribution in [3.63, 3.8) is 0 Å². The molecular weight excluding hydrogens is 819 g/mol.